The first-order valence-corrected chi connectivity index (χ1v) is 5.07. The van der Waals surface area contributed by atoms with E-state index in [1.807, 2.05) is 13.1 Å². The number of nitrogens with zero attached hydrogens (tertiary/aromatic N) is 1. The van der Waals surface area contributed by atoms with Gasteiger partial charge in [-0.15, -0.1) is 11.3 Å². The van der Waals surface area contributed by atoms with Crippen LogP contribution in [0.25, 0.3) is 10.4 Å². The minimum atomic E-state index is 1.12. The molecule has 1 aromatic heterocycles. The highest BCUT2D eigenvalue weighted by atomic mass is 32.1. The molecule has 0 saturated carbocycles. The van der Waals surface area contributed by atoms with Gasteiger partial charge < -0.3 is 0 Å². The zero-order valence-corrected chi connectivity index (χ0v) is 8.56. The van der Waals surface area contributed by atoms with E-state index < -0.39 is 0 Å². The Labute approximate surface area is 82.1 Å². The largest absolute Gasteiger partial charge is 0.249 e. The van der Waals surface area contributed by atoms with E-state index in [-0.39, 0.29) is 0 Å². The molecule has 0 spiro atoms. The average molecular weight is 189 g/mol. The Hall–Kier alpha value is -1.15. The van der Waals surface area contributed by atoms with Crippen LogP contribution in [-0.2, 0) is 0 Å². The van der Waals surface area contributed by atoms with E-state index >= 15 is 0 Å². The van der Waals surface area contributed by atoms with Crippen molar-refractivity contribution in [2.45, 2.75) is 13.8 Å². The molecule has 0 aliphatic rings. The predicted molar refractivity (Wildman–Crippen MR) is 57.0 cm³/mol. The zero-order chi connectivity index (χ0) is 9.26. The summed E-state index contributed by atoms with van der Waals surface area (Å²) >= 11 is 1.74. The van der Waals surface area contributed by atoms with E-state index in [2.05, 4.69) is 36.2 Å². The number of aryl methyl sites for hydroxylation is 2. The molecule has 2 heteroatoms. The van der Waals surface area contributed by atoms with Crippen molar-refractivity contribution in [3.05, 3.63) is 41.0 Å². The van der Waals surface area contributed by atoms with E-state index in [9.17, 15) is 0 Å². The molecule has 0 aliphatic carbocycles. The van der Waals surface area contributed by atoms with Gasteiger partial charge in [0.05, 0.1) is 9.88 Å². The second-order valence-corrected chi connectivity index (χ2v) is 4.34. The fourth-order valence-electron chi connectivity index (χ4n) is 1.21. The van der Waals surface area contributed by atoms with Gasteiger partial charge in [-0.3, -0.25) is 0 Å². The Morgan fingerprint density at radius 2 is 1.77 bits per heavy atom. The molecular weight excluding hydrogens is 178 g/mol. The lowest BCUT2D eigenvalue weighted by molar-refractivity contribution is 1.30. The smallest absolute Gasteiger partial charge is 0.0900 e. The van der Waals surface area contributed by atoms with Gasteiger partial charge in [-0.2, -0.15) is 0 Å². The number of aromatic nitrogens is 1. The molecule has 13 heavy (non-hydrogen) atoms. The van der Waals surface area contributed by atoms with Crippen molar-refractivity contribution in [3.8, 4) is 10.4 Å². The summed E-state index contributed by atoms with van der Waals surface area (Å²) < 4.78 is 0. The van der Waals surface area contributed by atoms with Gasteiger partial charge >= 0.3 is 0 Å². The third-order valence-corrected chi connectivity index (χ3v) is 2.92. The first-order valence-electron chi connectivity index (χ1n) is 4.25. The third-order valence-electron chi connectivity index (χ3n) is 1.96. The molecule has 0 unspecified atom stereocenters. The molecular formula is C11H11NS. The molecule has 1 nitrogen and oxygen atoms in total. The first-order chi connectivity index (χ1) is 6.25. The number of thiazole rings is 1. The highest BCUT2D eigenvalue weighted by Gasteiger charge is 2.00. The Bertz CT molecular complexity index is 400. The van der Waals surface area contributed by atoms with Crippen LogP contribution in [0, 0.1) is 13.8 Å². The number of rotatable bonds is 1. The number of benzene rings is 1. The molecule has 1 heterocycles. The van der Waals surface area contributed by atoms with Crippen LogP contribution < -0.4 is 0 Å². The van der Waals surface area contributed by atoms with Crippen LogP contribution in [0.4, 0.5) is 0 Å². The van der Waals surface area contributed by atoms with E-state index in [1.54, 1.807) is 11.3 Å². The summed E-state index contributed by atoms with van der Waals surface area (Å²) in [5.74, 6) is 0. The monoisotopic (exact) mass is 189 g/mol. The first kappa shape index (κ1) is 8.45. The topological polar surface area (TPSA) is 12.9 Å². The van der Waals surface area contributed by atoms with Gasteiger partial charge in [0.2, 0.25) is 0 Å². The van der Waals surface area contributed by atoms with Crippen LogP contribution in [0.1, 0.15) is 10.6 Å². The summed E-state index contributed by atoms with van der Waals surface area (Å²) in [7, 11) is 0. The van der Waals surface area contributed by atoms with Crippen molar-refractivity contribution >= 4 is 11.3 Å². The highest BCUT2D eigenvalue weighted by Crippen LogP contribution is 2.25. The lowest BCUT2D eigenvalue weighted by Crippen LogP contribution is -1.73. The van der Waals surface area contributed by atoms with E-state index in [1.165, 1.54) is 16.0 Å². The predicted octanol–water partition coefficient (Wildman–Crippen LogP) is 3.43. The van der Waals surface area contributed by atoms with Crippen LogP contribution in [0.2, 0.25) is 0 Å². The summed E-state index contributed by atoms with van der Waals surface area (Å²) in [4.78, 5) is 5.48. The molecule has 0 fully saturated rings. The van der Waals surface area contributed by atoms with Crippen molar-refractivity contribution < 1.29 is 0 Å². The van der Waals surface area contributed by atoms with E-state index in [0.29, 0.717) is 0 Å². The Morgan fingerprint density at radius 3 is 2.31 bits per heavy atom. The van der Waals surface area contributed by atoms with Gasteiger partial charge in [0.1, 0.15) is 0 Å². The SMILES string of the molecule is Cc1ccc(-c2cnc(C)s2)cc1. The van der Waals surface area contributed by atoms with Crippen molar-refractivity contribution in [2.75, 3.05) is 0 Å². The quantitative estimate of drug-likeness (QED) is 0.669. The molecule has 1 aromatic carbocycles. The third kappa shape index (κ3) is 1.78. The lowest BCUT2D eigenvalue weighted by Gasteiger charge is -1.96. The normalized spacial score (nSPS) is 10.3. The van der Waals surface area contributed by atoms with E-state index in [0.717, 1.165) is 5.01 Å². The lowest BCUT2D eigenvalue weighted by atomic mass is 10.1. The molecule has 0 atom stereocenters. The Morgan fingerprint density at radius 1 is 1.08 bits per heavy atom. The molecule has 0 amide bonds. The molecule has 0 N–H and O–H groups in total. The van der Waals surface area contributed by atoms with Crippen molar-refractivity contribution in [1.82, 2.24) is 4.98 Å². The second kappa shape index (κ2) is 3.30. The molecule has 0 aliphatic heterocycles. The maximum absolute atomic E-state index is 4.23. The maximum Gasteiger partial charge on any atom is 0.0900 e. The summed E-state index contributed by atoms with van der Waals surface area (Å²) in [6.45, 7) is 4.13. The van der Waals surface area contributed by atoms with Gasteiger partial charge in [0, 0.05) is 6.20 Å². The van der Waals surface area contributed by atoms with Gasteiger partial charge in [-0.1, -0.05) is 29.8 Å². The van der Waals surface area contributed by atoms with Crippen LogP contribution >= 0.6 is 11.3 Å². The van der Waals surface area contributed by atoms with Crippen LogP contribution in [0.5, 0.6) is 0 Å². The summed E-state index contributed by atoms with van der Waals surface area (Å²) in [5, 5.41) is 1.12. The molecule has 0 bridgehead atoms. The fourth-order valence-corrected chi connectivity index (χ4v) is 2.00. The minimum Gasteiger partial charge on any atom is -0.249 e. The summed E-state index contributed by atoms with van der Waals surface area (Å²) in [5.41, 5.74) is 2.56. The van der Waals surface area contributed by atoms with Crippen LogP contribution in [-0.4, -0.2) is 4.98 Å². The maximum atomic E-state index is 4.23. The molecule has 0 radical (unpaired) electrons. The summed E-state index contributed by atoms with van der Waals surface area (Å²) in [6.07, 6.45) is 1.94. The Kier molecular flexibility index (Phi) is 2.15. The standard InChI is InChI=1S/C11H11NS/c1-8-3-5-10(6-4-8)11-7-12-9(2)13-11/h3-7H,1-2H3. The van der Waals surface area contributed by atoms with Crippen molar-refractivity contribution in [3.63, 3.8) is 0 Å². The molecule has 66 valence electrons. The van der Waals surface area contributed by atoms with Crippen molar-refractivity contribution in [2.24, 2.45) is 0 Å². The summed E-state index contributed by atoms with van der Waals surface area (Å²) in [6, 6.07) is 8.54. The van der Waals surface area contributed by atoms with Crippen LogP contribution in [0.3, 0.4) is 0 Å². The fraction of sp³-hybridized carbons (Fsp3) is 0.182. The highest BCUT2D eigenvalue weighted by molar-refractivity contribution is 7.15. The Balaban J connectivity index is 2.41. The molecule has 0 saturated heterocycles. The van der Waals surface area contributed by atoms with Gasteiger partial charge in [0.25, 0.3) is 0 Å². The average Bonchev–Trinajstić information content (AvgIpc) is 2.53. The van der Waals surface area contributed by atoms with Crippen LogP contribution in [0.15, 0.2) is 30.5 Å². The minimum absolute atomic E-state index is 1.12. The van der Waals surface area contributed by atoms with Gasteiger partial charge in [-0.25, -0.2) is 4.98 Å². The molecule has 2 rings (SSSR count). The number of hydrogen-bond acceptors (Lipinski definition) is 2. The number of hydrogen-bond donors (Lipinski definition) is 0. The van der Waals surface area contributed by atoms with Crippen molar-refractivity contribution in [1.29, 1.82) is 0 Å². The second-order valence-electron chi connectivity index (χ2n) is 3.11. The van der Waals surface area contributed by atoms with Gasteiger partial charge in [0.15, 0.2) is 0 Å². The van der Waals surface area contributed by atoms with E-state index in [4.69, 9.17) is 0 Å². The zero-order valence-electron chi connectivity index (χ0n) is 7.74. The van der Waals surface area contributed by atoms with Gasteiger partial charge in [-0.05, 0) is 19.4 Å². The molecule has 2 aromatic rings.